The molecule has 1 aromatic carbocycles. The molecule has 6 nitrogen and oxygen atoms in total. The molecule has 0 aliphatic heterocycles. The number of rotatable bonds is 2. The Kier molecular flexibility index (Phi) is 2.78. The van der Waals surface area contributed by atoms with Crippen LogP contribution in [0, 0.1) is 28.1 Å². The van der Waals surface area contributed by atoms with Gasteiger partial charge in [-0.25, -0.2) is 4.99 Å². The first-order valence-electron chi connectivity index (χ1n) is 4.95. The molecule has 3 N–H and O–H groups in total. The highest BCUT2D eigenvalue weighted by atomic mass is 16.3. The number of fused-ring (bicyclic) bond motifs is 1. The monoisotopic (exact) mass is 237 g/mol. The zero-order chi connectivity index (χ0) is 13.1. The fourth-order valence-electron chi connectivity index (χ4n) is 1.53. The third-order valence-electron chi connectivity index (χ3n) is 2.34. The molecule has 0 atom stereocenters. The normalized spacial score (nSPS) is 10.9. The van der Waals surface area contributed by atoms with Gasteiger partial charge in [-0.05, 0) is 6.07 Å². The highest BCUT2D eigenvalue weighted by Crippen LogP contribution is 2.35. The Balaban J connectivity index is 2.66. The van der Waals surface area contributed by atoms with Gasteiger partial charge in [-0.3, -0.25) is 5.41 Å². The van der Waals surface area contributed by atoms with Gasteiger partial charge in [0.05, 0.1) is 5.52 Å². The Labute approximate surface area is 102 Å². The Hall–Kier alpha value is -3.12. The van der Waals surface area contributed by atoms with Crippen LogP contribution in [0.3, 0.4) is 0 Å². The van der Waals surface area contributed by atoms with Gasteiger partial charge in [-0.1, -0.05) is 18.2 Å². The molecule has 0 unspecified atom stereocenters. The number of aromatic hydroxyl groups is 1. The van der Waals surface area contributed by atoms with Crippen LogP contribution in [-0.4, -0.2) is 21.5 Å². The summed E-state index contributed by atoms with van der Waals surface area (Å²) in [5, 5.41) is 35.0. The SMILES string of the molecule is N#CC(=N)/C(C#N)=N/c1c(O)[nH]c2ccccc12. The van der Waals surface area contributed by atoms with E-state index in [-0.39, 0.29) is 17.3 Å². The largest absolute Gasteiger partial charge is 0.493 e. The predicted molar refractivity (Wildman–Crippen MR) is 66.0 cm³/mol. The Morgan fingerprint density at radius 3 is 2.67 bits per heavy atom. The third kappa shape index (κ3) is 1.79. The van der Waals surface area contributed by atoms with E-state index in [0.717, 1.165) is 0 Å². The van der Waals surface area contributed by atoms with Crippen molar-refractivity contribution in [1.29, 1.82) is 15.9 Å². The van der Waals surface area contributed by atoms with E-state index in [0.29, 0.717) is 10.9 Å². The van der Waals surface area contributed by atoms with Crippen molar-refractivity contribution in [3.05, 3.63) is 24.3 Å². The number of para-hydroxylation sites is 1. The van der Waals surface area contributed by atoms with Crippen LogP contribution in [-0.2, 0) is 0 Å². The highest BCUT2D eigenvalue weighted by Gasteiger charge is 2.12. The summed E-state index contributed by atoms with van der Waals surface area (Å²) in [6, 6.07) is 10.2. The zero-order valence-corrected chi connectivity index (χ0v) is 9.10. The van der Waals surface area contributed by atoms with Crippen LogP contribution < -0.4 is 0 Å². The molecule has 0 amide bonds. The van der Waals surface area contributed by atoms with Crippen LogP contribution in [0.25, 0.3) is 10.9 Å². The minimum Gasteiger partial charge on any atom is -0.493 e. The number of benzene rings is 1. The Bertz CT molecular complexity index is 742. The number of aromatic nitrogens is 1. The number of H-pyrrole nitrogens is 1. The molecule has 1 heterocycles. The first-order chi connectivity index (χ1) is 8.67. The fraction of sp³-hybridized carbons (Fsp3) is 0. The van der Waals surface area contributed by atoms with Crippen LogP contribution in [0.1, 0.15) is 0 Å². The molecule has 18 heavy (non-hydrogen) atoms. The van der Waals surface area contributed by atoms with Gasteiger partial charge in [0.2, 0.25) is 5.88 Å². The lowest BCUT2D eigenvalue weighted by molar-refractivity contribution is 0.460. The summed E-state index contributed by atoms with van der Waals surface area (Å²) in [5.41, 5.74) is -0.0589. The van der Waals surface area contributed by atoms with Crippen molar-refractivity contribution < 1.29 is 5.11 Å². The lowest BCUT2D eigenvalue weighted by Gasteiger charge is -1.94. The van der Waals surface area contributed by atoms with E-state index in [1.54, 1.807) is 30.3 Å². The second-order valence-electron chi connectivity index (χ2n) is 3.43. The van der Waals surface area contributed by atoms with Gasteiger partial charge >= 0.3 is 0 Å². The van der Waals surface area contributed by atoms with Crippen LogP contribution in [0.15, 0.2) is 29.3 Å². The van der Waals surface area contributed by atoms with Crippen molar-refractivity contribution >= 4 is 28.0 Å². The number of hydrogen-bond donors (Lipinski definition) is 3. The number of aromatic amines is 1. The molecule has 0 bridgehead atoms. The molecule has 0 radical (unpaired) electrons. The molecule has 0 fully saturated rings. The van der Waals surface area contributed by atoms with Crippen molar-refractivity contribution in [1.82, 2.24) is 4.98 Å². The molecule has 2 rings (SSSR count). The molecular formula is C12H7N5O. The van der Waals surface area contributed by atoms with Gasteiger partial charge < -0.3 is 10.1 Å². The summed E-state index contributed by atoms with van der Waals surface area (Å²) in [4.78, 5) is 6.56. The summed E-state index contributed by atoms with van der Waals surface area (Å²) in [6.07, 6.45) is 0. The minimum atomic E-state index is -0.540. The Morgan fingerprint density at radius 2 is 2.00 bits per heavy atom. The average Bonchev–Trinajstić information content (AvgIpc) is 2.71. The number of nitrogens with zero attached hydrogens (tertiary/aromatic N) is 3. The molecule has 6 heteroatoms. The number of nitriles is 2. The van der Waals surface area contributed by atoms with E-state index in [1.807, 2.05) is 0 Å². The molecule has 86 valence electrons. The van der Waals surface area contributed by atoms with Crippen LogP contribution >= 0.6 is 0 Å². The van der Waals surface area contributed by atoms with Crippen molar-refractivity contribution in [2.24, 2.45) is 4.99 Å². The maximum absolute atomic E-state index is 9.71. The van der Waals surface area contributed by atoms with Crippen LogP contribution in [0.2, 0.25) is 0 Å². The van der Waals surface area contributed by atoms with Crippen LogP contribution in [0.4, 0.5) is 5.69 Å². The van der Waals surface area contributed by atoms with E-state index in [9.17, 15) is 5.11 Å². The van der Waals surface area contributed by atoms with Gasteiger partial charge in [-0.15, -0.1) is 0 Å². The molecule has 0 saturated carbocycles. The quantitative estimate of drug-likeness (QED) is 0.692. The van der Waals surface area contributed by atoms with E-state index in [1.165, 1.54) is 6.07 Å². The molecule has 0 aliphatic rings. The molecule has 0 saturated heterocycles. The van der Waals surface area contributed by atoms with Gasteiger partial charge in [0.15, 0.2) is 11.4 Å². The summed E-state index contributed by atoms with van der Waals surface area (Å²) in [7, 11) is 0. The van der Waals surface area contributed by atoms with Gasteiger partial charge in [0.1, 0.15) is 17.8 Å². The van der Waals surface area contributed by atoms with E-state index < -0.39 is 5.71 Å². The second-order valence-corrected chi connectivity index (χ2v) is 3.43. The third-order valence-corrected chi connectivity index (χ3v) is 2.34. The maximum Gasteiger partial charge on any atom is 0.216 e. The molecule has 0 aliphatic carbocycles. The number of nitrogens with one attached hydrogen (secondary N) is 2. The number of aliphatic imine (C=N–C) groups is 1. The Morgan fingerprint density at radius 1 is 1.28 bits per heavy atom. The fourth-order valence-corrected chi connectivity index (χ4v) is 1.53. The van der Waals surface area contributed by atoms with Crippen molar-refractivity contribution in [3.63, 3.8) is 0 Å². The van der Waals surface area contributed by atoms with Gasteiger partial charge in [0.25, 0.3) is 0 Å². The topological polar surface area (TPSA) is 120 Å². The first kappa shape index (κ1) is 11.4. The summed E-state index contributed by atoms with van der Waals surface area (Å²) in [6.45, 7) is 0. The van der Waals surface area contributed by atoms with Gasteiger partial charge in [-0.2, -0.15) is 10.5 Å². The molecular weight excluding hydrogens is 230 g/mol. The average molecular weight is 237 g/mol. The van der Waals surface area contributed by atoms with Crippen molar-refractivity contribution in [2.75, 3.05) is 0 Å². The molecule has 1 aromatic heterocycles. The maximum atomic E-state index is 9.71. The second kappa shape index (κ2) is 4.40. The molecule has 2 aromatic rings. The van der Waals surface area contributed by atoms with Gasteiger partial charge in [0, 0.05) is 5.39 Å². The molecule has 0 spiro atoms. The van der Waals surface area contributed by atoms with E-state index in [4.69, 9.17) is 15.9 Å². The predicted octanol–water partition coefficient (Wildman–Crippen LogP) is 2.01. The zero-order valence-electron chi connectivity index (χ0n) is 9.10. The first-order valence-corrected chi connectivity index (χ1v) is 4.95. The number of hydrogen-bond acceptors (Lipinski definition) is 5. The highest BCUT2D eigenvalue weighted by molar-refractivity contribution is 6.52. The minimum absolute atomic E-state index is 0.155. The lowest BCUT2D eigenvalue weighted by Crippen LogP contribution is -2.07. The van der Waals surface area contributed by atoms with E-state index >= 15 is 0 Å². The van der Waals surface area contributed by atoms with E-state index in [2.05, 4.69) is 9.98 Å². The summed E-state index contributed by atoms with van der Waals surface area (Å²) < 4.78 is 0. The summed E-state index contributed by atoms with van der Waals surface area (Å²) in [5.74, 6) is -0.199. The van der Waals surface area contributed by atoms with Crippen molar-refractivity contribution in [3.8, 4) is 18.0 Å². The smallest absolute Gasteiger partial charge is 0.216 e. The van der Waals surface area contributed by atoms with Crippen molar-refractivity contribution in [2.45, 2.75) is 0 Å². The lowest BCUT2D eigenvalue weighted by atomic mass is 10.2. The van der Waals surface area contributed by atoms with Crippen LogP contribution in [0.5, 0.6) is 5.88 Å². The standard InChI is InChI=1S/C12H7N5O/c13-5-8(15)10(6-14)16-11-7-3-1-2-4-9(7)17-12(11)18/h1-4,15,17-18H/b15-8?,16-10+. The summed E-state index contributed by atoms with van der Waals surface area (Å²) >= 11 is 0.